The van der Waals surface area contributed by atoms with E-state index in [1.807, 2.05) is 0 Å². The van der Waals surface area contributed by atoms with E-state index in [0.29, 0.717) is 0 Å². The molecule has 0 nitrogen and oxygen atoms in total. The lowest BCUT2D eigenvalue weighted by molar-refractivity contribution is 0.263. The molecule has 0 aromatic heterocycles. The Labute approximate surface area is 80.7 Å². The number of rotatable bonds is 6. The van der Waals surface area contributed by atoms with Crippen molar-refractivity contribution in [1.82, 2.24) is 0 Å². The molecule has 0 saturated heterocycles. The van der Waals surface area contributed by atoms with Gasteiger partial charge in [-0.25, -0.2) is 0 Å². The molecule has 0 bridgehead atoms. The Morgan fingerprint density at radius 2 is 1.75 bits per heavy atom. The molecule has 0 aliphatic carbocycles. The van der Waals surface area contributed by atoms with Gasteiger partial charge in [-0.05, 0) is 23.9 Å². The van der Waals surface area contributed by atoms with Crippen molar-refractivity contribution in [1.29, 1.82) is 0 Å². The smallest absolute Gasteiger partial charge is 0.0350 e. The number of hydrogen-bond acceptors (Lipinski definition) is 0. The summed E-state index contributed by atoms with van der Waals surface area (Å²) in [6.07, 6.45) is 5.33. The van der Waals surface area contributed by atoms with Crippen LogP contribution in [0.15, 0.2) is 0 Å². The average molecular weight is 188 g/mol. The van der Waals surface area contributed by atoms with Crippen LogP contribution in [0.1, 0.15) is 47.0 Å². The Morgan fingerprint density at radius 1 is 1.17 bits per heavy atom. The van der Waals surface area contributed by atoms with Crippen molar-refractivity contribution < 1.29 is 0 Å². The molecule has 74 valence electrons. The molecule has 0 aliphatic heterocycles. The van der Waals surface area contributed by atoms with Gasteiger partial charge in [-0.2, -0.15) is 0 Å². The zero-order valence-electron chi connectivity index (χ0n) is 9.14. The van der Waals surface area contributed by atoms with Crippen LogP contribution in [0, 0.1) is 17.8 Å². The van der Waals surface area contributed by atoms with Crippen molar-refractivity contribution in [3.63, 3.8) is 0 Å². The van der Waals surface area contributed by atoms with E-state index in [1.165, 1.54) is 25.4 Å². The van der Waals surface area contributed by atoms with Crippen LogP contribution in [0.5, 0.6) is 0 Å². The first-order valence-corrected chi connectivity index (χ1v) is 6.19. The maximum absolute atomic E-state index is 2.90. The van der Waals surface area contributed by atoms with Crippen LogP contribution >= 0.6 is 9.24 Å². The van der Waals surface area contributed by atoms with Gasteiger partial charge in [-0.3, -0.25) is 0 Å². The van der Waals surface area contributed by atoms with E-state index < -0.39 is 0 Å². The van der Waals surface area contributed by atoms with Gasteiger partial charge in [-0.1, -0.05) is 47.0 Å². The van der Waals surface area contributed by atoms with Crippen LogP contribution in [0.25, 0.3) is 0 Å². The fourth-order valence-corrected chi connectivity index (χ4v) is 2.47. The third kappa shape index (κ3) is 3.90. The molecule has 0 aromatic carbocycles. The van der Waals surface area contributed by atoms with Gasteiger partial charge in [0.2, 0.25) is 0 Å². The molecule has 0 N–H and O–H groups in total. The lowest BCUT2D eigenvalue weighted by Crippen LogP contribution is -2.19. The molecular formula is C11H25P. The molecule has 0 rings (SSSR count). The summed E-state index contributed by atoms with van der Waals surface area (Å²) in [7, 11) is 2.90. The lowest BCUT2D eigenvalue weighted by atomic mass is 9.81. The quantitative estimate of drug-likeness (QED) is 0.553. The SMILES string of the molecule is CCCC(CP)C(C)C(C)CC. The second-order valence-electron chi connectivity index (χ2n) is 4.03. The van der Waals surface area contributed by atoms with E-state index in [9.17, 15) is 0 Å². The predicted octanol–water partition coefficient (Wildman–Crippen LogP) is 3.96. The highest BCUT2D eigenvalue weighted by atomic mass is 31.0. The molecule has 0 aromatic rings. The van der Waals surface area contributed by atoms with Gasteiger partial charge < -0.3 is 0 Å². The first-order chi connectivity index (χ1) is 5.67. The van der Waals surface area contributed by atoms with Gasteiger partial charge >= 0.3 is 0 Å². The fraction of sp³-hybridized carbons (Fsp3) is 1.00. The van der Waals surface area contributed by atoms with Crippen molar-refractivity contribution in [3.8, 4) is 0 Å². The van der Waals surface area contributed by atoms with E-state index in [4.69, 9.17) is 0 Å². The Morgan fingerprint density at radius 3 is 2.08 bits per heavy atom. The highest BCUT2D eigenvalue weighted by Gasteiger charge is 2.19. The Balaban J connectivity index is 3.91. The third-order valence-corrected chi connectivity index (χ3v) is 3.85. The zero-order valence-corrected chi connectivity index (χ0v) is 10.3. The summed E-state index contributed by atoms with van der Waals surface area (Å²) in [5.74, 6) is 2.71. The van der Waals surface area contributed by atoms with E-state index in [-0.39, 0.29) is 0 Å². The highest BCUT2D eigenvalue weighted by Crippen LogP contribution is 2.28. The summed E-state index contributed by atoms with van der Waals surface area (Å²) in [5, 5.41) is 0. The van der Waals surface area contributed by atoms with Gasteiger partial charge in [0, 0.05) is 0 Å². The molecule has 0 radical (unpaired) electrons. The van der Waals surface area contributed by atoms with E-state index in [1.54, 1.807) is 0 Å². The van der Waals surface area contributed by atoms with Crippen LogP contribution in [-0.2, 0) is 0 Å². The van der Waals surface area contributed by atoms with E-state index in [0.717, 1.165) is 17.8 Å². The van der Waals surface area contributed by atoms with Gasteiger partial charge in [0.25, 0.3) is 0 Å². The molecule has 12 heavy (non-hydrogen) atoms. The maximum Gasteiger partial charge on any atom is -0.0350 e. The molecule has 1 heteroatoms. The average Bonchev–Trinajstić information content (AvgIpc) is 2.11. The highest BCUT2D eigenvalue weighted by molar-refractivity contribution is 7.16. The molecule has 4 atom stereocenters. The first-order valence-electron chi connectivity index (χ1n) is 5.37. The summed E-state index contributed by atoms with van der Waals surface area (Å²) in [6, 6.07) is 0. The molecule has 4 unspecified atom stereocenters. The largest absolute Gasteiger partial charge is 0.137 e. The maximum atomic E-state index is 2.90. The zero-order chi connectivity index (χ0) is 9.56. The van der Waals surface area contributed by atoms with Crippen LogP contribution < -0.4 is 0 Å². The summed E-state index contributed by atoms with van der Waals surface area (Å²) in [5.41, 5.74) is 0. The van der Waals surface area contributed by atoms with Crippen molar-refractivity contribution in [2.75, 3.05) is 6.16 Å². The van der Waals surface area contributed by atoms with Crippen molar-refractivity contribution in [2.45, 2.75) is 47.0 Å². The second-order valence-corrected chi connectivity index (χ2v) is 4.50. The second kappa shape index (κ2) is 6.89. The summed E-state index contributed by atoms with van der Waals surface area (Å²) < 4.78 is 0. The summed E-state index contributed by atoms with van der Waals surface area (Å²) >= 11 is 0. The van der Waals surface area contributed by atoms with E-state index >= 15 is 0 Å². The Kier molecular flexibility index (Phi) is 7.14. The molecule has 0 amide bonds. The fourth-order valence-electron chi connectivity index (χ4n) is 1.80. The van der Waals surface area contributed by atoms with E-state index in [2.05, 4.69) is 36.9 Å². The molecule has 0 saturated carbocycles. The van der Waals surface area contributed by atoms with Crippen molar-refractivity contribution in [3.05, 3.63) is 0 Å². The summed E-state index contributed by atoms with van der Waals surface area (Å²) in [6.45, 7) is 9.38. The van der Waals surface area contributed by atoms with Crippen molar-refractivity contribution in [2.24, 2.45) is 17.8 Å². The molecule has 0 fully saturated rings. The third-order valence-electron chi connectivity index (χ3n) is 3.25. The minimum Gasteiger partial charge on any atom is -0.137 e. The molecular weight excluding hydrogens is 163 g/mol. The van der Waals surface area contributed by atoms with Crippen LogP contribution in [0.2, 0.25) is 0 Å². The minimum absolute atomic E-state index is 0.891. The minimum atomic E-state index is 0.891. The van der Waals surface area contributed by atoms with Crippen molar-refractivity contribution >= 4 is 9.24 Å². The van der Waals surface area contributed by atoms with Gasteiger partial charge in [0.1, 0.15) is 0 Å². The molecule has 0 aliphatic rings. The molecule has 0 spiro atoms. The first kappa shape index (κ1) is 12.4. The normalized spacial score (nSPS) is 18.8. The predicted molar refractivity (Wildman–Crippen MR) is 61.6 cm³/mol. The van der Waals surface area contributed by atoms with Crippen LogP contribution in [0.4, 0.5) is 0 Å². The Bertz CT molecular complexity index is 101. The Hall–Kier alpha value is 0.430. The van der Waals surface area contributed by atoms with Gasteiger partial charge in [-0.15, -0.1) is 9.24 Å². The number of hydrogen-bond donors (Lipinski definition) is 0. The monoisotopic (exact) mass is 188 g/mol. The van der Waals surface area contributed by atoms with Gasteiger partial charge in [0.15, 0.2) is 0 Å². The van der Waals surface area contributed by atoms with Crippen LogP contribution in [-0.4, -0.2) is 6.16 Å². The van der Waals surface area contributed by atoms with Crippen LogP contribution in [0.3, 0.4) is 0 Å². The van der Waals surface area contributed by atoms with Gasteiger partial charge in [0.05, 0.1) is 0 Å². The molecule has 0 heterocycles. The summed E-state index contributed by atoms with van der Waals surface area (Å²) in [4.78, 5) is 0. The lowest BCUT2D eigenvalue weighted by Gasteiger charge is -2.27. The topological polar surface area (TPSA) is 0 Å². The standard InChI is InChI=1S/C11H25P/c1-5-7-11(8-12)10(4)9(3)6-2/h9-11H,5-8,12H2,1-4H3.